The average molecular weight is 192 g/mol. The Hall–Kier alpha value is -1.34. The Balaban J connectivity index is 2.60. The molecule has 0 aliphatic heterocycles. The van der Waals surface area contributed by atoms with Crippen LogP contribution in [-0.2, 0) is 4.79 Å². The second-order valence-corrected chi connectivity index (χ2v) is 3.48. The summed E-state index contributed by atoms with van der Waals surface area (Å²) in [5.41, 5.74) is 0.534. The minimum absolute atomic E-state index is 0.121. The Morgan fingerprint density at radius 1 is 1.69 bits per heavy atom. The molecule has 0 bridgehead atoms. The number of ketones is 1. The predicted molar refractivity (Wildman–Crippen MR) is 50.4 cm³/mol. The maximum atomic E-state index is 10.6. The van der Waals surface area contributed by atoms with E-state index in [9.17, 15) is 4.79 Å². The molecular weight excluding hydrogens is 184 g/mol. The lowest BCUT2D eigenvalue weighted by Gasteiger charge is -1.96. The molecule has 13 heavy (non-hydrogen) atoms. The van der Waals surface area contributed by atoms with Gasteiger partial charge in [-0.15, -0.1) is 0 Å². The van der Waals surface area contributed by atoms with E-state index in [-0.39, 0.29) is 5.78 Å². The summed E-state index contributed by atoms with van der Waals surface area (Å²) in [4.78, 5) is 14.6. The molecule has 0 saturated carbocycles. The molecule has 4 heteroatoms. The van der Waals surface area contributed by atoms with Crippen LogP contribution in [0.15, 0.2) is 23.4 Å². The highest BCUT2D eigenvalue weighted by Gasteiger charge is 1.98. The lowest BCUT2D eigenvalue weighted by Crippen LogP contribution is -1.93. The number of hydrogen-bond donors (Lipinski definition) is 0. The highest BCUT2D eigenvalue weighted by molar-refractivity contribution is 7.99. The summed E-state index contributed by atoms with van der Waals surface area (Å²) in [6.07, 6.45) is 1.50. The molecule has 0 aliphatic carbocycles. The predicted octanol–water partition coefficient (Wildman–Crippen LogP) is 1.63. The van der Waals surface area contributed by atoms with E-state index in [0.29, 0.717) is 11.3 Å². The fraction of sp³-hybridized carbons (Fsp3) is 0.222. The second kappa shape index (κ2) is 4.63. The molecule has 3 nitrogen and oxygen atoms in total. The fourth-order valence-electron chi connectivity index (χ4n) is 0.707. The normalized spacial score (nSPS) is 9.23. The highest BCUT2D eigenvalue weighted by atomic mass is 32.2. The van der Waals surface area contributed by atoms with Crippen molar-refractivity contribution < 1.29 is 4.79 Å². The van der Waals surface area contributed by atoms with E-state index in [4.69, 9.17) is 5.26 Å². The second-order valence-electron chi connectivity index (χ2n) is 2.49. The Kier molecular flexibility index (Phi) is 3.47. The molecule has 66 valence electrons. The van der Waals surface area contributed by atoms with Crippen LogP contribution in [0.25, 0.3) is 0 Å². The lowest BCUT2D eigenvalue weighted by molar-refractivity contribution is -0.114. The van der Waals surface area contributed by atoms with Crippen molar-refractivity contribution in [3.05, 3.63) is 23.9 Å². The molecule has 0 amide bonds. The van der Waals surface area contributed by atoms with Crippen molar-refractivity contribution >= 4 is 17.5 Å². The van der Waals surface area contributed by atoms with Gasteiger partial charge in [-0.25, -0.2) is 4.98 Å². The standard InChI is InChI=1S/C9H8N2OS/c1-7(12)6-13-9-3-2-8(4-10)5-11-9/h2-3,5H,6H2,1H3. The van der Waals surface area contributed by atoms with Gasteiger partial charge in [0.15, 0.2) is 0 Å². The van der Waals surface area contributed by atoms with E-state index < -0.39 is 0 Å². The largest absolute Gasteiger partial charge is 0.299 e. The van der Waals surface area contributed by atoms with E-state index >= 15 is 0 Å². The Morgan fingerprint density at radius 2 is 2.46 bits per heavy atom. The average Bonchev–Trinajstić information content (AvgIpc) is 2.15. The number of pyridine rings is 1. The third-order valence-corrected chi connectivity index (χ3v) is 2.38. The van der Waals surface area contributed by atoms with Crippen LogP contribution in [0.5, 0.6) is 0 Å². The first kappa shape index (κ1) is 9.75. The van der Waals surface area contributed by atoms with Gasteiger partial charge >= 0.3 is 0 Å². The van der Waals surface area contributed by atoms with Crippen molar-refractivity contribution in [1.29, 1.82) is 5.26 Å². The Labute approximate surface area is 80.8 Å². The number of rotatable bonds is 3. The quantitative estimate of drug-likeness (QED) is 0.683. The molecule has 1 aromatic heterocycles. The van der Waals surface area contributed by atoms with Crippen LogP contribution >= 0.6 is 11.8 Å². The molecule has 0 unspecified atom stereocenters. The molecule has 1 rings (SSSR count). The first-order chi connectivity index (χ1) is 6.22. The van der Waals surface area contributed by atoms with E-state index in [1.807, 2.05) is 6.07 Å². The number of aromatic nitrogens is 1. The monoisotopic (exact) mass is 192 g/mol. The number of thioether (sulfide) groups is 1. The molecule has 1 heterocycles. The molecular formula is C9H8N2OS. The zero-order chi connectivity index (χ0) is 9.68. The summed E-state index contributed by atoms with van der Waals surface area (Å²) < 4.78 is 0. The van der Waals surface area contributed by atoms with Crippen molar-refractivity contribution in [1.82, 2.24) is 4.98 Å². The van der Waals surface area contributed by atoms with Gasteiger partial charge in [-0.1, -0.05) is 11.8 Å². The molecule has 0 aliphatic rings. The third-order valence-electron chi connectivity index (χ3n) is 1.29. The van der Waals surface area contributed by atoms with Crippen molar-refractivity contribution in [2.45, 2.75) is 11.9 Å². The van der Waals surface area contributed by atoms with Gasteiger partial charge in [0.1, 0.15) is 11.9 Å². The fourth-order valence-corrected chi connectivity index (χ4v) is 1.35. The summed E-state index contributed by atoms with van der Waals surface area (Å²) in [7, 11) is 0. The molecule has 0 aromatic carbocycles. The molecule has 0 saturated heterocycles. The van der Waals surface area contributed by atoms with Crippen LogP contribution in [0.2, 0.25) is 0 Å². The van der Waals surface area contributed by atoms with Crippen molar-refractivity contribution in [2.75, 3.05) is 5.75 Å². The van der Waals surface area contributed by atoms with E-state index in [2.05, 4.69) is 4.98 Å². The van der Waals surface area contributed by atoms with Crippen LogP contribution in [0, 0.1) is 11.3 Å². The minimum atomic E-state index is 0.121. The van der Waals surface area contributed by atoms with Crippen molar-refractivity contribution in [3.63, 3.8) is 0 Å². The smallest absolute Gasteiger partial charge is 0.140 e. The van der Waals surface area contributed by atoms with Crippen molar-refractivity contribution in [2.24, 2.45) is 0 Å². The van der Waals surface area contributed by atoms with Gasteiger partial charge in [0, 0.05) is 6.20 Å². The van der Waals surface area contributed by atoms with E-state index in [1.54, 1.807) is 12.1 Å². The highest BCUT2D eigenvalue weighted by Crippen LogP contribution is 2.14. The number of nitrogens with zero attached hydrogens (tertiary/aromatic N) is 2. The topological polar surface area (TPSA) is 53.8 Å². The lowest BCUT2D eigenvalue weighted by atomic mass is 10.3. The number of carbonyl (C=O) groups excluding carboxylic acids is 1. The van der Waals surface area contributed by atoms with Crippen LogP contribution in [-0.4, -0.2) is 16.5 Å². The van der Waals surface area contributed by atoms with Crippen LogP contribution in [0.4, 0.5) is 0 Å². The van der Waals surface area contributed by atoms with E-state index in [1.165, 1.54) is 24.9 Å². The zero-order valence-corrected chi connectivity index (χ0v) is 7.97. The zero-order valence-electron chi connectivity index (χ0n) is 7.15. The first-order valence-corrected chi connectivity index (χ1v) is 4.69. The molecule has 1 aromatic rings. The van der Waals surface area contributed by atoms with Gasteiger partial charge in [-0.05, 0) is 19.1 Å². The molecule has 0 spiro atoms. The van der Waals surface area contributed by atoms with Gasteiger partial charge in [0.2, 0.25) is 0 Å². The third kappa shape index (κ3) is 3.26. The molecule has 0 fully saturated rings. The molecule has 0 atom stereocenters. The maximum Gasteiger partial charge on any atom is 0.140 e. The van der Waals surface area contributed by atoms with Gasteiger partial charge in [0.05, 0.1) is 16.3 Å². The molecule has 0 radical (unpaired) electrons. The Morgan fingerprint density at radius 3 is 2.92 bits per heavy atom. The van der Waals surface area contributed by atoms with Gasteiger partial charge in [-0.2, -0.15) is 5.26 Å². The van der Waals surface area contributed by atoms with Crippen molar-refractivity contribution in [3.8, 4) is 6.07 Å². The van der Waals surface area contributed by atoms with Gasteiger partial charge in [-0.3, -0.25) is 4.79 Å². The molecule has 0 N–H and O–H groups in total. The number of hydrogen-bond acceptors (Lipinski definition) is 4. The summed E-state index contributed by atoms with van der Waals surface area (Å²) in [6, 6.07) is 5.41. The number of nitriles is 1. The number of carbonyl (C=O) groups is 1. The Bertz CT molecular complexity index is 340. The summed E-state index contributed by atoms with van der Waals surface area (Å²) >= 11 is 1.38. The minimum Gasteiger partial charge on any atom is -0.299 e. The first-order valence-electron chi connectivity index (χ1n) is 3.71. The van der Waals surface area contributed by atoms with Crippen LogP contribution in [0.1, 0.15) is 12.5 Å². The maximum absolute atomic E-state index is 10.6. The van der Waals surface area contributed by atoms with Crippen LogP contribution < -0.4 is 0 Å². The van der Waals surface area contributed by atoms with E-state index in [0.717, 1.165) is 5.03 Å². The van der Waals surface area contributed by atoms with Gasteiger partial charge < -0.3 is 0 Å². The van der Waals surface area contributed by atoms with Gasteiger partial charge in [0.25, 0.3) is 0 Å². The SMILES string of the molecule is CC(=O)CSc1ccc(C#N)cn1. The number of Topliss-reactive ketones (excluding diaryl/α,β-unsaturated/α-hetero) is 1. The summed E-state index contributed by atoms with van der Waals surface area (Å²) in [6.45, 7) is 1.54. The summed E-state index contributed by atoms with van der Waals surface area (Å²) in [5, 5.41) is 9.27. The summed E-state index contributed by atoms with van der Waals surface area (Å²) in [5.74, 6) is 0.551. The van der Waals surface area contributed by atoms with Crippen LogP contribution in [0.3, 0.4) is 0 Å².